The Bertz CT molecular complexity index is 707. The topological polar surface area (TPSA) is 74.6 Å². The van der Waals surface area contributed by atoms with Crippen molar-refractivity contribution in [3.8, 4) is 11.5 Å². The molecule has 1 aliphatic carbocycles. The largest absolute Gasteiger partial charge is 1.00 e. The number of hydrogen-bond donors (Lipinski definition) is 2. The zero-order valence-corrected chi connectivity index (χ0v) is 12.2. The average Bonchev–Trinajstić information content (AvgIpc) is 2.39. The first kappa shape index (κ1) is 13.8. The van der Waals surface area contributed by atoms with E-state index in [4.69, 9.17) is 0 Å². The molecule has 5 heteroatoms. The molecule has 19 heavy (non-hydrogen) atoms. The Morgan fingerprint density at radius 1 is 0.737 bits per heavy atom. The Balaban J connectivity index is 0.00000133. The zero-order chi connectivity index (χ0) is 12.9. The third kappa shape index (κ3) is 1.89. The van der Waals surface area contributed by atoms with Crippen LogP contribution in [0.15, 0.2) is 36.4 Å². The molecule has 1 aliphatic rings. The van der Waals surface area contributed by atoms with E-state index in [1.54, 1.807) is 18.2 Å². The Hall–Kier alpha value is -1.62. The number of phenolic OH excluding ortho intramolecular Hbond substituents is 2. The summed E-state index contributed by atoms with van der Waals surface area (Å²) in [6.07, 6.45) is 0. The molecule has 3 rings (SSSR count). The second-order valence-corrected chi connectivity index (χ2v) is 4.06. The number of fused-ring (bicyclic) bond motifs is 2. The van der Waals surface area contributed by atoms with E-state index in [9.17, 15) is 19.8 Å². The van der Waals surface area contributed by atoms with Gasteiger partial charge in [-0.2, -0.15) is 0 Å². The molecule has 2 aromatic rings. The SMILES string of the molecule is O=C1c2ccccc2C(=O)c2c1ccc(O)c2O.[Na+]. The maximum atomic E-state index is 12.2. The van der Waals surface area contributed by atoms with Gasteiger partial charge in [0.15, 0.2) is 23.1 Å². The van der Waals surface area contributed by atoms with Crippen LogP contribution in [-0.4, -0.2) is 21.8 Å². The van der Waals surface area contributed by atoms with Crippen LogP contribution < -0.4 is 29.6 Å². The average molecular weight is 263 g/mol. The Morgan fingerprint density at radius 2 is 1.32 bits per heavy atom. The van der Waals surface area contributed by atoms with Crippen LogP contribution in [0.25, 0.3) is 0 Å². The van der Waals surface area contributed by atoms with Crippen molar-refractivity contribution in [1.82, 2.24) is 0 Å². The molecule has 0 spiro atoms. The molecule has 0 aromatic heterocycles. The Kier molecular flexibility index (Phi) is 3.49. The minimum absolute atomic E-state index is 0. The monoisotopic (exact) mass is 263 g/mol. The molecule has 88 valence electrons. The molecule has 0 amide bonds. The Morgan fingerprint density at radius 3 is 1.95 bits per heavy atom. The van der Waals surface area contributed by atoms with Gasteiger partial charge in [-0.1, -0.05) is 24.3 Å². The molecule has 0 aliphatic heterocycles. The minimum Gasteiger partial charge on any atom is -0.504 e. The molecule has 0 heterocycles. The van der Waals surface area contributed by atoms with Gasteiger partial charge in [0.25, 0.3) is 0 Å². The molecule has 0 atom stereocenters. The predicted molar refractivity (Wildman–Crippen MR) is 63.1 cm³/mol. The Labute approximate surface area is 131 Å². The van der Waals surface area contributed by atoms with Crippen LogP contribution in [0.3, 0.4) is 0 Å². The van der Waals surface area contributed by atoms with Crippen LogP contribution in [0, 0.1) is 0 Å². The van der Waals surface area contributed by atoms with Crippen molar-refractivity contribution in [3.05, 3.63) is 58.7 Å². The summed E-state index contributed by atoms with van der Waals surface area (Å²) < 4.78 is 0. The summed E-state index contributed by atoms with van der Waals surface area (Å²) in [5, 5.41) is 19.1. The summed E-state index contributed by atoms with van der Waals surface area (Å²) in [7, 11) is 0. The third-order valence-corrected chi connectivity index (χ3v) is 3.04. The fraction of sp³-hybridized carbons (Fsp3) is 0. The number of phenols is 2. The number of ketones is 2. The zero-order valence-electron chi connectivity index (χ0n) is 10.2. The van der Waals surface area contributed by atoms with Crippen LogP contribution >= 0.6 is 0 Å². The van der Waals surface area contributed by atoms with Gasteiger partial charge in [-0.05, 0) is 12.1 Å². The summed E-state index contributed by atoms with van der Waals surface area (Å²) in [5.41, 5.74) is 0.559. The summed E-state index contributed by atoms with van der Waals surface area (Å²) in [6.45, 7) is 0. The number of carbonyl (C=O) groups is 2. The van der Waals surface area contributed by atoms with Gasteiger partial charge in [0.05, 0.1) is 5.56 Å². The first-order valence-electron chi connectivity index (χ1n) is 5.34. The van der Waals surface area contributed by atoms with Crippen LogP contribution in [-0.2, 0) is 0 Å². The van der Waals surface area contributed by atoms with E-state index in [1.165, 1.54) is 18.2 Å². The van der Waals surface area contributed by atoms with Gasteiger partial charge in [0.1, 0.15) is 0 Å². The van der Waals surface area contributed by atoms with Crippen molar-refractivity contribution < 1.29 is 49.4 Å². The van der Waals surface area contributed by atoms with Crippen molar-refractivity contribution in [2.24, 2.45) is 0 Å². The first-order chi connectivity index (χ1) is 8.61. The van der Waals surface area contributed by atoms with Gasteiger partial charge in [0.2, 0.25) is 0 Å². The summed E-state index contributed by atoms with van der Waals surface area (Å²) in [4.78, 5) is 24.4. The summed E-state index contributed by atoms with van der Waals surface area (Å²) in [5.74, 6) is -1.72. The fourth-order valence-electron chi connectivity index (χ4n) is 2.16. The van der Waals surface area contributed by atoms with Crippen LogP contribution in [0.5, 0.6) is 11.5 Å². The van der Waals surface area contributed by atoms with E-state index < -0.39 is 17.3 Å². The van der Waals surface area contributed by atoms with E-state index in [1.807, 2.05) is 0 Å². The number of aromatic hydroxyl groups is 2. The second-order valence-electron chi connectivity index (χ2n) is 4.06. The molecular weight excluding hydrogens is 255 g/mol. The normalized spacial score (nSPS) is 12.4. The van der Waals surface area contributed by atoms with E-state index >= 15 is 0 Å². The maximum Gasteiger partial charge on any atom is 1.00 e. The van der Waals surface area contributed by atoms with E-state index in [-0.39, 0.29) is 52.0 Å². The molecule has 4 nitrogen and oxygen atoms in total. The predicted octanol–water partition coefficient (Wildman–Crippen LogP) is -1.12. The van der Waals surface area contributed by atoms with Gasteiger partial charge in [0, 0.05) is 16.7 Å². The summed E-state index contributed by atoms with van der Waals surface area (Å²) in [6, 6.07) is 8.97. The molecule has 0 fully saturated rings. The molecule has 0 saturated carbocycles. The number of benzene rings is 2. The molecule has 0 saturated heterocycles. The third-order valence-electron chi connectivity index (χ3n) is 3.04. The molecule has 2 aromatic carbocycles. The smallest absolute Gasteiger partial charge is 0.504 e. The van der Waals surface area contributed by atoms with Crippen LogP contribution in [0.2, 0.25) is 0 Å². The number of carbonyl (C=O) groups excluding carboxylic acids is 2. The standard InChI is InChI=1S/C14H8O4.Na/c15-10-6-5-9-11(14(10)18)13(17)8-4-2-1-3-7(8)12(9)16;/h1-6,15,18H;/q;+1. The van der Waals surface area contributed by atoms with Crippen LogP contribution in [0.1, 0.15) is 31.8 Å². The number of rotatable bonds is 0. The maximum absolute atomic E-state index is 12.2. The van der Waals surface area contributed by atoms with E-state index in [2.05, 4.69) is 0 Å². The minimum atomic E-state index is -0.541. The van der Waals surface area contributed by atoms with Gasteiger partial charge < -0.3 is 10.2 Å². The molecule has 0 unspecified atom stereocenters. The van der Waals surface area contributed by atoms with E-state index in [0.717, 1.165) is 0 Å². The second kappa shape index (κ2) is 4.81. The fourth-order valence-corrected chi connectivity index (χ4v) is 2.16. The quantitative estimate of drug-likeness (QED) is 0.398. The summed E-state index contributed by atoms with van der Waals surface area (Å²) >= 11 is 0. The first-order valence-corrected chi connectivity index (χ1v) is 5.34. The van der Waals surface area contributed by atoms with Crippen molar-refractivity contribution in [1.29, 1.82) is 0 Å². The molecule has 2 N–H and O–H groups in total. The van der Waals surface area contributed by atoms with Crippen molar-refractivity contribution in [2.45, 2.75) is 0 Å². The van der Waals surface area contributed by atoms with Gasteiger partial charge in [-0.25, -0.2) is 0 Å². The van der Waals surface area contributed by atoms with Gasteiger partial charge in [-0.15, -0.1) is 0 Å². The van der Waals surface area contributed by atoms with Crippen LogP contribution in [0.4, 0.5) is 0 Å². The van der Waals surface area contributed by atoms with Crippen molar-refractivity contribution in [2.75, 3.05) is 0 Å². The van der Waals surface area contributed by atoms with Gasteiger partial charge >= 0.3 is 29.6 Å². The van der Waals surface area contributed by atoms with Gasteiger partial charge in [-0.3, -0.25) is 9.59 Å². The van der Waals surface area contributed by atoms with E-state index in [0.29, 0.717) is 5.56 Å². The molecule has 0 radical (unpaired) electrons. The van der Waals surface area contributed by atoms with Crippen molar-refractivity contribution >= 4 is 11.6 Å². The molecule has 0 bridgehead atoms. The molecular formula is C14H8NaO4+. The van der Waals surface area contributed by atoms with Crippen molar-refractivity contribution in [3.63, 3.8) is 0 Å². The number of hydrogen-bond acceptors (Lipinski definition) is 4.